The fourth-order valence-electron chi connectivity index (χ4n) is 10.1. The van der Waals surface area contributed by atoms with Crippen molar-refractivity contribution in [2.45, 2.75) is 103 Å². The van der Waals surface area contributed by atoms with Gasteiger partial charge in [0.1, 0.15) is 0 Å². The highest BCUT2D eigenvalue weighted by Gasteiger charge is 2.33. The summed E-state index contributed by atoms with van der Waals surface area (Å²) in [6, 6.07) is 21.7. The smallest absolute Gasteiger partial charge is 0.253 e. The maximum absolute atomic E-state index is 12.9. The van der Waals surface area contributed by atoms with E-state index < -0.39 is 0 Å². The van der Waals surface area contributed by atoms with E-state index in [4.69, 9.17) is 42.9 Å². The molecule has 0 unspecified atom stereocenters. The molecular formula is C54H60Cl2N6O6. The van der Waals surface area contributed by atoms with Crippen molar-refractivity contribution in [1.82, 2.24) is 29.4 Å². The monoisotopic (exact) mass is 958 g/mol. The first-order valence-corrected chi connectivity index (χ1v) is 25.0. The van der Waals surface area contributed by atoms with Gasteiger partial charge in [-0.2, -0.15) is 10.2 Å². The highest BCUT2D eigenvalue weighted by Crippen LogP contribution is 2.29. The molecule has 2 aromatic heterocycles. The van der Waals surface area contributed by atoms with Gasteiger partial charge in [0.05, 0.1) is 23.2 Å². The van der Waals surface area contributed by atoms with E-state index in [-0.39, 0.29) is 35.6 Å². The van der Waals surface area contributed by atoms with E-state index in [9.17, 15) is 19.2 Å². The highest BCUT2D eigenvalue weighted by molar-refractivity contribution is 6.31. The number of ether oxygens (including phenoxy) is 2. The average molecular weight is 960 g/mol. The number of aromatic nitrogens is 4. The summed E-state index contributed by atoms with van der Waals surface area (Å²) < 4.78 is 15.5. The molecule has 0 bridgehead atoms. The van der Waals surface area contributed by atoms with E-state index in [1.54, 1.807) is 48.5 Å². The molecule has 68 heavy (non-hydrogen) atoms. The summed E-state index contributed by atoms with van der Waals surface area (Å²) in [4.78, 5) is 54.7. The zero-order valence-corrected chi connectivity index (χ0v) is 40.5. The molecule has 0 radical (unpaired) electrons. The lowest BCUT2D eigenvalue weighted by Gasteiger charge is -2.39. The average Bonchev–Trinajstić information content (AvgIpc) is 3.95. The molecule has 4 saturated heterocycles. The molecule has 4 fully saturated rings. The van der Waals surface area contributed by atoms with Crippen molar-refractivity contribution in [2.75, 3.05) is 39.4 Å². The number of benzene rings is 4. The first kappa shape index (κ1) is 47.7. The molecule has 0 saturated carbocycles. The van der Waals surface area contributed by atoms with Crippen LogP contribution in [0.3, 0.4) is 0 Å². The number of ketones is 2. The largest absolute Gasteiger partial charge is 0.378 e. The van der Waals surface area contributed by atoms with E-state index >= 15 is 0 Å². The fraction of sp³-hybridized carbons (Fsp3) is 0.444. The zero-order valence-electron chi connectivity index (χ0n) is 39.0. The van der Waals surface area contributed by atoms with E-state index in [2.05, 4.69) is 0 Å². The van der Waals surface area contributed by atoms with Crippen molar-refractivity contribution in [1.29, 1.82) is 0 Å². The molecule has 0 N–H and O–H groups in total. The van der Waals surface area contributed by atoms with Crippen molar-refractivity contribution in [2.24, 2.45) is 11.8 Å². The van der Waals surface area contributed by atoms with Crippen molar-refractivity contribution >= 4 is 68.4 Å². The lowest BCUT2D eigenvalue weighted by molar-refractivity contribution is 0.0104. The van der Waals surface area contributed by atoms with Gasteiger partial charge in [-0.05, 0) is 149 Å². The second-order valence-corrected chi connectivity index (χ2v) is 20.0. The van der Waals surface area contributed by atoms with E-state index in [0.29, 0.717) is 72.0 Å². The first-order valence-electron chi connectivity index (χ1n) is 24.3. The number of amides is 2. The van der Waals surface area contributed by atoms with E-state index in [0.717, 1.165) is 109 Å². The van der Waals surface area contributed by atoms with Crippen LogP contribution >= 0.6 is 23.2 Å². The third-order valence-corrected chi connectivity index (χ3v) is 14.6. The van der Waals surface area contributed by atoms with Gasteiger partial charge in [0.25, 0.3) is 11.8 Å². The first-order chi connectivity index (χ1) is 32.9. The maximum atomic E-state index is 12.9. The quantitative estimate of drug-likeness (QED) is 0.0987. The summed E-state index contributed by atoms with van der Waals surface area (Å²) in [5, 5.41) is 12.7. The van der Waals surface area contributed by atoms with Crippen LogP contribution in [-0.2, 0) is 22.6 Å². The molecule has 4 aromatic carbocycles. The molecule has 0 spiro atoms. The standard InChI is InChI=1S/2C27H30ClN3O3/c2*1-18-23(26(32)12-9-22-4-2-3-13-34-22)10-11-25-24(18)17-31(29-25)16-19-14-30(15-19)27(33)20-5-7-21(28)8-6-20/h2*5-8,10-11,17,19,22H,2-4,9,12-16H2,1H3/t2*22-/m10/s1. The molecule has 0 aliphatic carbocycles. The molecule has 356 valence electrons. The van der Waals surface area contributed by atoms with Crippen LogP contribution in [-0.4, -0.2) is 104 Å². The maximum Gasteiger partial charge on any atom is 0.253 e. The summed E-state index contributed by atoms with van der Waals surface area (Å²) in [6.45, 7) is 10.00. The van der Waals surface area contributed by atoms with Crippen molar-refractivity contribution < 1.29 is 28.7 Å². The van der Waals surface area contributed by atoms with Gasteiger partial charge in [0.15, 0.2) is 11.6 Å². The molecule has 12 nitrogen and oxygen atoms in total. The minimum atomic E-state index is 0.0381. The molecular weight excluding hydrogens is 900 g/mol. The van der Waals surface area contributed by atoms with Crippen LogP contribution in [0.1, 0.15) is 117 Å². The lowest BCUT2D eigenvalue weighted by atomic mass is 9.96. The third-order valence-electron chi connectivity index (χ3n) is 14.1. The van der Waals surface area contributed by atoms with Gasteiger partial charge in [-0.3, -0.25) is 28.5 Å². The molecule has 14 heteroatoms. The number of halogens is 2. The lowest BCUT2D eigenvalue weighted by Crippen LogP contribution is -2.51. The predicted octanol–water partition coefficient (Wildman–Crippen LogP) is 10.6. The molecule has 4 aliphatic rings. The summed E-state index contributed by atoms with van der Waals surface area (Å²) in [7, 11) is 0. The topological polar surface area (TPSA) is 129 Å². The van der Waals surface area contributed by atoms with Crippen LogP contribution in [0.4, 0.5) is 0 Å². The van der Waals surface area contributed by atoms with E-state index in [1.165, 1.54) is 12.8 Å². The summed E-state index contributed by atoms with van der Waals surface area (Å²) >= 11 is 11.8. The molecule has 2 amide bonds. The normalized spacial score (nSPS) is 18.8. The summed E-state index contributed by atoms with van der Waals surface area (Å²) in [5.41, 5.74) is 6.68. The molecule has 4 aliphatic heterocycles. The Kier molecular flexibility index (Phi) is 15.1. The van der Waals surface area contributed by atoms with Gasteiger partial charge >= 0.3 is 0 Å². The van der Waals surface area contributed by atoms with Crippen LogP contribution < -0.4 is 0 Å². The van der Waals surface area contributed by atoms with Gasteiger partial charge in [-0.1, -0.05) is 23.2 Å². The van der Waals surface area contributed by atoms with Gasteiger partial charge in [-0.15, -0.1) is 0 Å². The second-order valence-electron chi connectivity index (χ2n) is 19.1. The van der Waals surface area contributed by atoms with Gasteiger partial charge in [0.2, 0.25) is 0 Å². The number of rotatable bonds is 14. The Morgan fingerprint density at radius 1 is 0.559 bits per heavy atom. The number of carbonyl (C=O) groups is 4. The summed E-state index contributed by atoms with van der Waals surface area (Å²) in [5.74, 6) is 1.16. The van der Waals surface area contributed by atoms with E-state index in [1.807, 2.05) is 69.7 Å². The molecule has 6 aromatic rings. The SMILES string of the molecule is Cc1c(C(=O)CC[C@@H]2CCCCO2)ccc2nn(CC3CN(C(=O)c4ccc(Cl)cc4)C3)cc12.Cc1c(C(=O)CC[C@H]2CCCCO2)ccc2nn(CC3CN(C(=O)c4ccc(Cl)cc4)C3)cc12. The Morgan fingerprint density at radius 3 is 1.32 bits per heavy atom. The highest BCUT2D eigenvalue weighted by atomic mass is 35.5. The van der Waals surface area contributed by atoms with Crippen LogP contribution in [0, 0.1) is 25.7 Å². The third kappa shape index (κ3) is 11.2. The number of hydrogen-bond donors (Lipinski definition) is 0. The number of nitrogens with zero attached hydrogens (tertiary/aromatic N) is 6. The number of fused-ring (bicyclic) bond motifs is 2. The minimum absolute atomic E-state index is 0.0381. The van der Waals surface area contributed by atoms with Crippen LogP contribution in [0.25, 0.3) is 21.8 Å². The molecule has 6 heterocycles. The number of aryl methyl sites for hydroxylation is 2. The molecule has 10 rings (SSSR count). The Morgan fingerprint density at radius 2 is 0.956 bits per heavy atom. The Balaban J connectivity index is 0.000000170. The van der Waals surface area contributed by atoms with Crippen molar-refractivity contribution in [3.05, 3.63) is 129 Å². The predicted molar refractivity (Wildman–Crippen MR) is 265 cm³/mol. The zero-order chi connectivity index (χ0) is 47.3. The van der Waals surface area contributed by atoms with Crippen LogP contribution in [0.15, 0.2) is 85.2 Å². The van der Waals surface area contributed by atoms with Crippen molar-refractivity contribution in [3.8, 4) is 0 Å². The van der Waals surface area contributed by atoms with Gasteiger partial charge in [0, 0.05) is 133 Å². The Bertz CT molecular complexity index is 2570. The number of likely N-dealkylation sites (tertiary alicyclic amines) is 2. The van der Waals surface area contributed by atoms with Crippen LogP contribution in [0.2, 0.25) is 10.0 Å². The second kappa shape index (κ2) is 21.5. The number of Topliss-reactive ketones (excluding diaryl/α,β-unsaturated/α-hetero) is 2. The fourth-order valence-corrected chi connectivity index (χ4v) is 10.3. The molecule has 2 atom stereocenters. The van der Waals surface area contributed by atoms with Gasteiger partial charge < -0.3 is 19.3 Å². The minimum Gasteiger partial charge on any atom is -0.378 e. The number of hydrogen-bond acceptors (Lipinski definition) is 8. The van der Waals surface area contributed by atoms with Gasteiger partial charge in [-0.25, -0.2) is 0 Å². The number of carbonyl (C=O) groups excluding carboxylic acids is 4. The van der Waals surface area contributed by atoms with Crippen molar-refractivity contribution in [3.63, 3.8) is 0 Å². The Labute approximate surface area is 407 Å². The Hall–Kier alpha value is -5.40. The van der Waals surface area contributed by atoms with Crippen LogP contribution in [0.5, 0.6) is 0 Å². The summed E-state index contributed by atoms with van der Waals surface area (Å²) in [6.07, 6.45) is 13.9.